The summed E-state index contributed by atoms with van der Waals surface area (Å²) < 4.78 is 0. The van der Waals surface area contributed by atoms with E-state index >= 15 is 0 Å². The predicted molar refractivity (Wildman–Crippen MR) is 117 cm³/mol. The van der Waals surface area contributed by atoms with Crippen LogP contribution in [0.4, 0.5) is 16.2 Å². The number of carbonyl (C=O) groups excluding carboxylic acids is 2. The molecule has 0 radical (unpaired) electrons. The molecule has 1 saturated carbocycles. The molecule has 29 heavy (non-hydrogen) atoms. The van der Waals surface area contributed by atoms with E-state index < -0.39 is 0 Å². The van der Waals surface area contributed by atoms with Gasteiger partial charge in [0.1, 0.15) is 5.03 Å². The molecule has 4 rings (SSSR count). The third kappa shape index (κ3) is 4.90. The molecule has 2 aliphatic rings. The van der Waals surface area contributed by atoms with Crippen molar-refractivity contribution in [2.75, 3.05) is 22.5 Å². The van der Waals surface area contributed by atoms with Gasteiger partial charge in [-0.05, 0) is 43.2 Å². The van der Waals surface area contributed by atoms with E-state index in [0.717, 1.165) is 29.3 Å². The fraction of sp³-hybridized carbons (Fsp3) is 0.409. The van der Waals surface area contributed by atoms with Crippen molar-refractivity contribution in [1.82, 2.24) is 10.3 Å². The van der Waals surface area contributed by atoms with Crippen LogP contribution in [0.15, 0.2) is 47.6 Å². The maximum Gasteiger partial charge on any atom is 0.326 e. The number of rotatable bonds is 3. The van der Waals surface area contributed by atoms with E-state index in [-0.39, 0.29) is 18.0 Å². The third-order valence-electron chi connectivity index (χ3n) is 5.41. The number of carbonyl (C=O) groups is 2. The second kappa shape index (κ2) is 9.31. The molecule has 7 heteroatoms. The van der Waals surface area contributed by atoms with Gasteiger partial charge in [0.25, 0.3) is 5.91 Å². The summed E-state index contributed by atoms with van der Waals surface area (Å²) in [5.74, 6) is 0.735. The number of nitrogens with one attached hydrogen (secondary N) is 2. The number of hydrogen-bond acceptors (Lipinski definition) is 4. The second-order valence-corrected chi connectivity index (χ2v) is 8.58. The molecule has 6 nitrogen and oxygen atoms in total. The van der Waals surface area contributed by atoms with Gasteiger partial charge < -0.3 is 10.6 Å². The SMILES string of the molecule is O=C(NC1CCCCCC1)c1cccc(NC(=O)N2CCSc3ncccc32)c1. The Morgan fingerprint density at radius 2 is 1.90 bits per heavy atom. The average molecular weight is 411 g/mol. The lowest BCUT2D eigenvalue weighted by molar-refractivity contribution is 0.0933. The zero-order chi connectivity index (χ0) is 20.1. The molecular weight excluding hydrogens is 384 g/mol. The van der Waals surface area contributed by atoms with Crippen molar-refractivity contribution in [3.05, 3.63) is 48.2 Å². The van der Waals surface area contributed by atoms with Gasteiger partial charge in [0.15, 0.2) is 0 Å². The summed E-state index contributed by atoms with van der Waals surface area (Å²) >= 11 is 1.65. The maximum absolute atomic E-state index is 12.8. The van der Waals surface area contributed by atoms with E-state index in [2.05, 4.69) is 15.6 Å². The number of hydrogen-bond donors (Lipinski definition) is 2. The summed E-state index contributed by atoms with van der Waals surface area (Å²) in [6.45, 7) is 0.622. The van der Waals surface area contributed by atoms with Crippen LogP contribution >= 0.6 is 11.8 Å². The van der Waals surface area contributed by atoms with E-state index in [0.29, 0.717) is 17.8 Å². The molecule has 2 aromatic rings. The quantitative estimate of drug-likeness (QED) is 0.721. The smallest absolute Gasteiger partial charge is 0.326 e. The minimum Gasteiger partial charge on any atom is -0.349 e. The van der Waals surface area contributed by atoms with Gasteiger partial charge >= 0.3 is 6.03 Å². The van der Waals surface area contributed by atoms with Crippen LogP contribution in [0, 0.1) is 0 Å². The number of thioether (sulfide) groups is 1. The summed E-state index contributed by atoms with van der Waals surface area (Å²) in [5.41, 5.74) is 2.01. The van der Waals surface area contributed by atoms with E-state index in [1.54, 1.807) is 41.1 Å². The van der Waals surface area contributed by atoms with Gasteiger partial charge in [0.05, 0.1) is 5.69 Å². The molecular formula is C22H26N4O2S. The number of pyridine rings is 1. The van der Waals surface area contributed by atoms with Crippen LogP contribution in [0.1, 0.15) is 48.9 Å². The van der Waals surface area contributed by atoms with Crippen LogP contribution in [0.25, 0.3) is 0 Å². The third-order valence-corrected chi connectivity index (χ3v) is 6.38. The van der Waals surface area contributed by atoms with Crippen molar-refractivity contribution in [3.63, 3.8) is 0 Å². The van der Waals surface area contributed by atoms with Gasteiger partial charge in [-0.2, -0.15) is 0 Å². The number of amides is 3. The average Bonchev–Trinajstić information content (AvgIpc) is 3.02. The highest BCUT2D eigenvalue weighted by molar-refractivity contribution is 7.99. The summed E-state index contributed by atoms with van der Waals surface area (Å²) in [4.78, 5) is 31.6. The normalized spacial score (nSPS) is 17.2. The number of nitrogens with zero attached hydrogens (tertiary/aromatic N) is 2. The van der Waals surface area contributed by atoms with Gasteiger partial charge in [0.2, 0.25) is 0 Å². The van der Waals surface area contributed by atoms with Crippen LogP contribution in [0.2, 0.25) is 0 Å². The highest BCUT2D eigenvalue weighted by Gasteiger charge is 2.24. The Labute approximate surface area is 175 Å². The molecule has 1 aromatic heterocycles. The Hall–Kier alpha value is -2.54. The summed E-state index contributed by atoms with van der Waals surface area (Å²) in [6, 6.07) is 10.9. The van der Waals surface area contributed by atoms with Crippen molar-refractivity contribution in [2.24, 2.45) is 0 Å². The largest absolute Gasteiger partial charge is 0.349 e. The highest BCUT2D eigenvalue weighted by atomic mass is 32.2. The lowest BCUT2D eigenvalue weighted by Crippen LogP contribution is -2.39. The number of fused-ring (bicyclic) bond motifs is 1. The lowest BCUT2D eigenvalue weighted by Gasteiger charge is -2.28. The molecule has 2 heterocycles. The molecule has 1 aromatic carbocycles. The minimum absolute atomic E-state index is 0.0723. The van der Waals surface area contributed by atoms with E-state index in [1.165, 1.54) is 25.7 Å². The number of aromatic nitrogens is 1. The molecule has 3 amide bonds. The molecule has 0 saturated heterocycles. The molecule has 0 bridgehead atoms. The first-order valence-corrected chi connectivity index (χ1v) is 11.3. The van der Waals surface area contributed by atoms with E-state index in [1.807, 2.05) is 18.2 Å². The van der Waals surface area contributed by atoms with E-state index in [9.17, 15) is 9.59 Å². The summed E-state index contributed by atoms with van der Waals surface area (Å²) in [7, 11) is 0. The molecule has 152 valence electrons. The highest BCUT2D eigenvalue weighted by Crippen LogP contribution is 2.32. The Kier molecular flexibility index (Phi) is 6.34. The summed E-state index contributed by atoms with van der Waals surface area (Å²) in [5, 5.41) is 6.96. The predicted octanol–water partition coefficient (Wildman–Crippen LogP) is 4.68. The zero-order valence-electron chi connectivity index (χ0n) is 16.4. The van der Waals surface area contributed by atoms with Gasteiger partial charge in [0, 0.05) is 35.8 Å². The van der Waals surface area contributed by atoms with Crippen LogP contribution < -0.4 is 15.5 Å². The summed E-state index contributed by atoms with van der Waals surface area (Å²) in [6.07, 6.45) is 8.68. The molecule has 1 fully saturated rings. The van der Waals surface area contributed by atoms with Gasteiger partial charge in [-0.15, -0.1) is 11.8 Å². The van der Waals surface area contributed by atoms with Crippen LogP contribution in [-0.4, -0.2) is 35.3 Å². The fourth-order valence-electron chi connectivity index (χ4n) is 3.89. The molecule has 0 spiro atoms. The standard InChI is InChI=1S/C22H26N4O2S/c27-20(24-17-8-3-1-2-4-9-17)16-7-5-10-18(15-16)25-22(28)26-13-14-29-21-19(26)11-6-12-23-21/h5-7,10-12,15,17H,1-4,8-9,13-14H2,(H,24,27)(H,25,28). The Morgan fingerprint density at radius 1 is 1.07 bits per heavy atom. The number of urea groups is 1. The Bertz CT molecular complexity index is 881. The molecule has 0 atom stereocenters. The van der Waals surface area contributed by atoms with Crippen LogP contribution in [0.5, 0.6) is 0 Å². The number of anilines is 2. The van der Waals surface area contributed by atoms with Crippen LogP contribution in [-0.2, 0) is 0 Å². The molecule has 1 aliphatic carbocycles. The minimum atomic E-state index is -0.208. The fourth-order valence-corrected chi connectivity index (χ4v) is 4.81. The molecule has 1 aliphatic heterocycles. The first-order chi connectivity index (χ1) is 14.2. The molecule has 0 unspecified atom stereocenters. The first kappa shape index (κ1) is 19.8. The Balaban J connectivity index is 1.42. The number of benzene rings is 1. The van der Waals surface area contributed by atoms with Gasteiger partial charge in [-0.1, -0.05) is 31.7 Å². The van der Waals surface area contributed by atoms with Crippen molar-refractivity contribution in [2.45, 2.75) is 49.6 Å². The van der Waals surface area contributed by atoms with Crippen molar-refractivity contribution >= 4 is 35.1 Å². The lowest BCUT2D eigenvalue weighted by atomic mass is 10.1. The first-order valence-electron chi connectivity index (χ1n) is 10.3. The van der Waals surface area contributed by atoms with Crippen LogP contribution in [0.3, 0.4) is 0 Å². The van der Waals surface area contributed by atoms with Crippen molar-refractivity contribution < 1.29 is 9.59 Å². The van der Waals surface area contributed by atoms with Gasteiger partial charge in [-0.25, -0.2) is 9.78 Å². The molecule has 2 N–H and O–H groups in total. The van der Waals surface area contributed by atoms with Crippen molar-refractivity contribution in [3.8, 4) is 0 Å². The zero-order valence-corrected chi connectivity index (χ0v) is 17.2. The van der Waals surface area contributed by atoms with Crippen molar-refractivity contribution in [1.29, 1.82) is 0 Å². The topological polar surface area (TPSA) is 74.3 Å². The van der Waals surface area contributed by atoms with Gasteiger partial charge in [-0.3, -0.25) is 9.69 Å². The van der Waals surface area contributed by atoms with E-state index in [4.69, 9.17) is 0 Å². The maximum atomic E-state index is 12.8. The second-order valence-electron chi connectivity index (χ2n) is 7.50. The Morgan fingerprint density at radius 3 is 2.72 bits per heavy atom. The monoisotopic (exact) mass is 410 g/mol.